The Bertz CT molecular complexity index is 131. The van der Waals surface area contributed by atoms with Crippen LogP contribution in [0.2, 0.25) is 0 Å². The summed E-state index contributed by atoms with van der Waals surface area (Å²) in [6.07, 6.45) is 3.65. The summed E-state index contributed by atoms with van der Waals surface area (Å²) in [5.41, 5.74) is 0. The van der Waals surface area contributed by atoms with Crippen LogP contribution in [0.15, 0.2) is 0 Å². The number of hydrogen-bond acceptors (Lipinski definition) is 3. The highest BCUT2D eigenvalue weighted by Crippen LogP contribution is 1.92. The molecule has 0 aromatic heterocycles. The lowest BCUT2D eigenvalue weighted by Crippen LogP contribution is -2.00. The molecule has 0 aliphatic rings. The van der Waals surface area contributed by atoms with Gasteiger partial charge in [0.05, 0.1) is 19.1 Å². The molecule has 0 spiro atoms. The summed E-state index contributed by atoms with van der Waals surface area (Å²) in [5, 5.41) is 8.22. The Morgan fingerprint density at radius 1 is 1.00 bits per heavy atom. The van der Waals surface area contributed by atoms with Gasteiger partial charge < -0.3 is 9.47 Å². The monoisotopic (exact) mass is 185 g/mol. The van der Waals surface area contributed by atoms with Crippen LogP contribution in [0.1, 0.15) is 32.6 Å². The van der Waals surface area contributed by atoms with E-state index in [1.807, 2.05) is 6.07 Å². The Morgan fingerprint density at radius 3 is 2.15 bits per heavy atom. The van der Waals surface area contributed by atoms with Crippen LogP contribution in [-0.4, -0.2) is 26.4 Å². The fourth-order valence-electron chi connectivity index (χ4n) is 0.875. The number of rotatable bonds is 9. The molecule has 0 unspecified atom stereocenters. The second-order valence-corrected chi connectivity index (χ2v) is 2.84. The summed E-state index contributed by atoms with van der Waals surface area (Å²) < 4.78 is 10.5. The first kappa shape index (κ1) is 12.4. The quantitative estimate of drug-likeness (QED) is 0.517. The van der Waals surface area contributed by atoms with E-state index < -0.39 is 0 Å². The lowest BCUT2D eigenvalue weighted by Gasteiger charge is -2.02. The van der Waals surface area contributed by atoms with E-state index in [2.05, 4.69) is 6.92 Å². The first-order valence-electron chi connectivity index (χ1n) is 4.94. The van der Waals surface area contributed by atoms with Crippen molar-refractivity contribution in [3.05, 3.63) is 0 Å². The zero-order chi connectivity index (χ0) is 9.78. The van der Waals surface area contributed by atoms with E-state index >= 15 is 0 Å². The maximum atomic E-state index is 8.22. The van der Waals surface area contributed by atoms with E-state index in [9.17, 15) is 0 Å². The molecular weight excluding hydrogens is 166 g/mol. The van der Waals surface area contributed by atoms with Crippen LogP contribution in [0.5, 0.6) is 0 Å². The summed E-state index contributed by atoms with van der Waals surface area (Å²) in [6, 6.07) is 2.04. The molecule has 0 aromatic carbocycles. The molecule has 76 valence electrons. The first-order chi connectivity index (χ1) is 6.41. The van der Waals surface area contributed by atoms with E-state index in [1.54, 1.807) is 0 Å². The standard InChI is InChI=1S/C10H19NO2/c1-2-7-12-8-3-4-9-13-10-5-6-11/h2-5,7-10H2,1H3. The van der Waals surface area contributed by atoms with E-state index in [0.717, 1.165) is 39.1 Å². The highest BCUT2D eigenvalue weighted by atomic mass is 16.5. The van der Waals surface area contributed by atoms with E-state index in [4.69, 9.17) is 14.7 Å². The summed E-state index contributed by atoms with van der Waals surface area (Å²) >= 11 is 0. The zero-order valence-corrected chi connectivity index (χ0v) is 8.42. The van der Waals surface area contributed by atoms with Crippen LogP contribution in [0.25, 0.3) is 0 Å². The van der Waals surface area contributed by atoms with Crippen LogP contribution in [-0.2, 0) is 9.47 Å². The minimum atomic E-state index is 0.492. The summed E-state index contributed by atoms with van der Waals surface area (Å²) in [5.74, 6) is 0. The molecule has 0 aromatic rings. The molecule has 0 amide bonds. The third-order valence-corrected chi connectivity index (χ3v) is 1.53. The molecule has 0 radical (unpaired) electrons. The Morgan fingerprint density at radius 2 is 1.62 bits per heavy atom. The van der Waals surface area contributed by atoms with Crippen LogP contribution >= 0.6 is 0 Å². The van der Waals surface area contributed by atoms with Gasteiger partial charge in [0.15, 0.2) is 0 Å². The fourth-order valence-corrected chi connectivity index (χ4v) is 0.875. The van der Waals surface area contributed by atoms with Crippen molar-refractivity contribution < 1.29 is 9.47 Å². The Labute approximate surface area is 80.6 Å². The second kappa shape index (κ2) is 11.4. The van der Waals surface area contributed by atoms with Crippen molar-refractivity contribution in [2.75, 3.05) is 26.4 Å². The molecule has 0 heterocycles. The Kier molecular flexibility index (Phi) is 10.9. The number of ether oxygens (including phenoxy) is 2. The summed E-state index contributed by atoms with van der Waals surface area (Å²) in [4.78, 5) is 0. The van der Waals surface area contributed by atoms with Gasteiger partial charge in [-0.15, -0.1) is 0 Å². The van der Waals surface area contributed by atoms with Crippen LogP contribution in [0, 0.1) is 11.3 Å². The van der Waals surface area contributed by atoms with Crippen molar-refractivity contribution >= 4 is 0 Å². The van der Waals surface area contributed by atoms with Crippen molar-refractivity contribution in [3.8, 4) is 6.07 Å². The molecule has 0 bridgehead atoms. The largest absolute Gasteiger partial charge is 0.381 e. The van der Waals surface area contributed by atoms with Gasteiger partial charge in [0.2, 0.25) is 0 Å². The molecular formula is C10H19NO2. The molecule has 0 fully saturated rings. The highest BCUT2D eigenvalue weighted by molar-refractivity contribution is 4.66. The van der Waals surface area contributed by atoms with Crippen molar-refractivity contribution in [2.24, 2.45) is 0 Å². The topological polar surface area (TPSA) is 42.2 Å². The molecule has 0 rings (SSSR count). The fraction of sp³-hybridized carbons (Fsp3) is 0.900. The summed E-state index contributed by atoms with van der Waals surface area (Å²) in [7, 11) is 0. The SMILES string of the molecule is CCCOCCCCOCCC#N. The molecule has 0 saturated carbocycles. The van der Waals surface area contributed by atoms with Crippen LogP contribution < -0.4 is 0 Å². The third kappa shape index (κ3) is 11.4. The number of nitrogens with zero attached hydrogens (tertiary/aromatic N) is 1. The van der Waals surface area contributed by atoms with Gasteiger partial charge in [0.25, 0.3) is 0 Å². The molecule has 0 atom stereocenters. The van der Waals surface area contributed by atoms with Crippen LogP contribution in [0.4, 0.5) is 0 Å². The Balaban J connectivity index is 2.80. The minimum Gasteiger partial charge on any atom is -0.381 e. The van der Waals surface area contributed by atoms with Crippen molar-refractivity contribution in [2.45, 2.75) is 32.6 Å². The zero-order valence-electron chi connectivity index (χ0n) is 8.42. The number of nitriles is 1. The van der Waals surface area contributed by atoms with Gasteiger partial charge in [0.1, 0.15) is 0 Å². The van der Waals surface area contributed by atoms with Gasteiger partial charge in [-0.2, -0.15) is 5.26 Å². The summed E-state index contributed by atoms with van der Waals surface area (Å²) in [6.45, 7) is 5.10. The maximum Gasteiger partial charge on any atom is 0.0645 e. The highest BCUT2D eigenvalue weighted by Gasteiger charge is 1.90. The molecule has 0 N–H and O–H groups in total. The lowest BCUT2D eigenvalue weighted by atomic mass is 10.3. The lowest BCUT2D eigenvalue weighted by molar-refractivity contribution is 0.105. The third-order valence-electron chi connectivity index (χ3n) is 1.53. The van der Waals surface area contributed by atoms with Crippen molar-refractivity contribution in [1.29, 1.82) is 5.26 Å². The predicted molar refractivity (Wildman–Crippen MR) is 51.4 cm³/mol. The van der Waals surface area contributed by atoms with E-state index in [0.29, 0.717) is 13.0 Å². The number of hydrogen-bond donors (Lipinski definition) is 0. The normalized spacial score (nSPS) is 9.85. The molecule has 0 saturated heterocycles. The van der Waals surface area contributed by atoms with Gasteiger partial charge in [-0.05, 0) is 19.3 Å². The van der Waals surface area contributed by atoms with Crippen molar-refractivity contribution in [1.82, 2.24) is 0 Å². The van der Waals surface area contributed by atoms with Gasteiger partial charge in [0, 0.05) is 19.8 Å². The minimum absolute atomic E-state index is 0.492. The average Bonchev–Trinajstić information content (AvgIpc) is 2.16. The van der Waals surface area contributed by atoms with E-state index in [-0.39, 0.29) is 0 Å². The van der Waals surface area contributed by atoms with Crippen LogP contribution in [0.3, 0.4) is 0 Å². The molecule has 0 aliphatic carbocycles. The maximum absolute atomic E-state index is 8.22. The first-order valence-corrected chi connectivity index (χ1v) is 4.94. The van der Waals surface area contributed by atoms with E-state index in [1.165, 1.54) is 0 Å². The smallest absolute Gasteiger partial charge is 0.0645 e. The predicted octanol–water partition coefficient (Wildman–Crippen LogP) is 2.12. The average molecular weight is 185 g/mol. The van der Waals surface area contributed by atoms with Gasteiger partial charge in [-0.3, -0.25) is 0 Å². The molecule has 3 nitrogen and oxygen atoms in total. The van der Waals surface area contributed by atoms with Gasteiger partial charge in [-0.25, -0.2) is 0 Å². The van der Waals surface area contributed by atoms with Gasteiger partial charge in [-0.1, -0.05) is 6.92 Å². The van der Waals surface area contributed by atoms with Gasteiger partial charge >= 0.3 is 0 Å². The molecule has 0 aliphatic heterocycles. The molecule has 3 heteroatoms. The second-order valence-electron chi connectivity index (χ2n) is 2.84. The number of unbranched alkanes of at least 4 members (excludes halogenated alkanes) is 1. The molecule has 13 heavy (non-hydrogen) atoms. The Hall–Kier alpha value is -0.590. The van der Waals surface area contributed by atoms with Crippen molar-refractivity contribution in [3.63, 3.8) is 0 Å².